The fraction of sp³-hybridized carbons (Fsp3) is 0.389. The smallest absolute Gasteiger partial charge is 0.126 e. The average Bonchev–Trinajstić information content (AvgIpc) is 2.55. The summed E-state index contributed by atoms with van der Waals surface area (Å²) in [5, 5.41) is 3.53. The number of pyridine rings is 1. The molecule has 3 heteroatoms. The maximum absolute atomic E-state index is 5.57. The van der Waals surface area contributed by atoms with Gasteiger partial charge in [-0.25, -0.2) is 4.98 Å². The quantitative estimate of drug-likeness (QED) is 0.931. The molecule has 21 heavy (non-hydrogen) atoms. The third kappa shape index (κ3) is 3.24. The van der Waals surface area contributed by atoms with Crippen LogP contribution in [0.15, 0.2) is 48.5 Å². The van der Waals surface area contributed by atoms with Gasteiger partial charge in [0.2, 0.25) is 0 Å². The van der Waals surface area contributed by atoms with E-state index in [1.165, 1.54) is 5.56 Å². The second-order valence-electron chi connectivity index (χ2n) is 5.78. The Balaban J connectivity index is 1.80. The summed E-state index contributed by atoms with van der Waals surface area (Å²) in [7, 11) is 0. The van der Waals surface area contributed by atoms with Gasteiger partial charge in [-0.1, -0.05) is 36.4 Å². The van der Waals surface area contributed by atoms with Gasteiger partial charge in [-0.3, -0.25) is 0 Å². The third-order valence-electron chi connectivity index (χ3n) is 4.33. The molecule has 3 rings (SSSR count). The summed E-state index contributed by atoms with van der Waals surface area (Å²) >= 11 is 0. The molecule has 0 unspecified atom stereocenters. The van der Waals surface area contributed by atoms with Crippen LogP contribution in [0.25, 0.3) is 0 Å². The Kier molecular flexibility index (Phi) is 4.20. The Morgan fingerprint density at radius 3 is 2.52 bits per heavy atom. The summed E-state index contributed by atoms with van der Waals surface area (Å²) < 4.78 is 5.57. The molecular weight excluding hydrogens is 260 g/mol. The van der Waals surface area contributed by atoms with Crippen LogP contribution < -0.4 is 5.32 Å². The lowest BCUT2D eigenvalue weighted by Crippen LogP contribution is -2.40. The maximum Gasteiger partial charge on any atom is 0.126 e. The van der Waals surface area contributed by atoms with Gasteiger partial charge in [-0.2, -0.15) is 0 Å². The molecular formula is C18H22N2O. The van der Waals surface area contributed by atoms with E-state index in [1.807, 2.05) is 25.1 Å². The first-order chi connectivity index (χ1) is 10.3. The third-order valence-corrected chi connectivity index (χ3v) is 4.33. The molecule has 2 aromatic rings. The molecule has 110 valence electrons. The first kappa shape index (κ1) is 14.1. The van der Waals surface area contributed by atoms with Crippen molar-refractivity contribution in [2.24, 2.45) is 0 Å². The maximum atomic E-state index is 5.57. The molecule has 0 amide bonds. The number of aryl methyl sites for hydroxylation is 1. The van der Waals surface area contributed by atoms with Crippen molar-refractivity contribution in [3.63, 3.8) is 0 Å². The van der Waals surface area contributed by atoms with Gasteiger partial charge in [-0.15, -0.1) is 0 Å². The highest BCUT2D eigenvalue weighted by Gasteiger charge is 2.34. The van der Waals surface area contributed by atoms with Crippen molar-refractivity contribution in [2.45, 2.75) is 25.2 Å². The van der Waals surface area contributed by atoms with Crippen LogP contribution >= 0.6 is 0 Å². The van der Waals surface area contributed by atoms with Crippen LogP contribution in [0.2, 0.25) is 0 Å². The first-order valence-corrected chi connectivity index (χ1v) is 7.59. The van der Waals surface area contributed by atoms with Crippen molar-refractivity contribution in [3.8, 4) is 0 Å². The van der Waals surface area contributed by atoms with Gasteiger partial charge in [0.05, 0.1) is 0 Å². The Hall–Kier alpha value is -1.87. The van der Waals surface area contributed by atoms with Crippen LogP contribution in [0, 0.1) is 6.92 Å². The highest BCUT2D eigenvalue weighted by molar-refractivity contribution is 5.38. The minimum absolute atomic E-state index is 0.144. The molecule has 1 aliphatic heterocycles. The summed E-state index contributed by atoms with van der Waals surface area (Å²) in [5.41, 5.74) is 2.58. The van der Waals surface area contributed by atoms with Crippen molar-refractivity contribution in [3.05, 3.63) is 59.8 Å². The Morgan fingerprint density at radius 1 is 1.05 bits per heavy atom. The zero-order valence-corrected chi connectivity index (χ0v) is 12.5. The number of nitrogens with one attached hydrogen (secondary N) is 1. The SMILES string of the molecule is Cc1cccc(NCC2(c3ccccc3)CCOCC2)n1. The number of hydrogen-bond acceptors (Lipinski definition) is 3. The highest BCUT2D eigenvalue weighted by atomic mass is 16.5. The minimum Gasteiger partial charge on any atom is -0.381 e. The van der Waals surface area contributed by atoms with Crippen molar-refractivity contribution < 1.29 is 4.74 Å². The van der Waals surface area contributed by atoms with E-state index < -0.39 is 0 Å². The molecule has 1 fully saturated rings. The largest absolute Gasteiger partial charge is 0.381 e. The molecule has 1 saturated heterocycles. The minimum atomic E-state index is 0.144. The van der Waals surface area contributed by atoms with Crippen LogP contribution in [0.1, 0.15) is 24.1 Å². The topological polar surface area (TPSA) is 34.1 Å². The number of anilines is 1. The van der Waals surface area contributed by atoms with E-state index in [1.54, 1.807) is 0 Å². The number of rotatable bonds is 4. The van der Waals surface area contributed by atoms with Gasteiger partial charge in [0.1, 0.15) is 5.82 Å². The molecule has 1 N–H and O–H groups in total. The van der Waals surface area contributed by atoms with Gasteiger partial charge in [0.15, 0.2) is 0 Å². The van der Waals surface area contributed by atoms with E-state index in [-0.39, 0.29) is 5.41 Å². The monoisotopic (exact) mass is 282 g/mol. The van der Waals surface area contributed by atoms with Crippen molar-refractivity contribution in [1.82, 2.24) is 4.98 Å². The second-order valence-corrected chi connectivity index (χ2v) is 5.78. The van der Waals surface area contributed by atoms with Crippen molar-refractivity contribution >= 4 is 5.82 Å². The fourth-order valence-corrected chi connectivity index (χ4v) is 3.02. The molecule has 0 saturated carbocycles. The van der Waals surface area contributed by atoms with E-state index in [0.29, 0.717) is 0 Å². The van der Waals surface area contributed by atoms with Crippen LogP contribution in [-0.4, -0.2) is 24.7 Å². The fourth-order valence-electron chi connectivity index (χ4n) is 3.02. The molecule has 1 aromatic heterocycles. The molecule has 0 aliphatic carbocycles. The van der Waals surface area contributed by atoms with Crippen LogP contribution in [0.3, 0.4) is 0 Å². The van der Waals surface area contributed by atoms with Crippen LogP contribution in [-0.2, 0) is 10.2 Å². The standard InChI is InChI=1S/C18H22N2O/c1-15-6-5-9-17(20-15)19-14-18(10-12-21-13-11-18)16-7-3-2-4-8-16/h2-9H,10-14H2,1H3,(H,19,20). The number of nitrogens with zero attached hydrogens (tertiary/aromatic N) is 1. The van der Waals surface area contributed by atoms with E-state index in [4.69, 9.17) is 4.74 Å². The number of hydrogen-bond donors (Lipinski definition) is 1. The second kappa shape index (κ2) is 6.27. The Labute approximate surface area is 126 Å². The Bertz CT molecular complexity index is 577. The first-order valence-electron chi connectivity index (χ1n) is 7.59. The lowest BCUT2D eigenvalue weighted by molar-refractivity contribution is 0.0543. The van der Waals surface area contributed by atoms with Crippen LogP contribution in [0.4, 0.5) is 5.82 Å². The Morgan fingerprint density at radius 2 is 1.81 bits per heavy atom. The van der Waals surface area contributed by atoms with E-state index in [2.05, 4.69) is 40.6 Å². The van der Waals surface area contributed by atoms with E-state index in [9.17, 15) is 0 Å². The molecule has 0 spiro atoms. The zero-order valence-electron chi connectivity index (χ0n) is 12.5. The lowest BCUT2D eigenvalue weighted by Gasteiger charge is -2.38. The lowest BCUT2D eigenvalue weighted by atomic mass is 9.74. The van der Waals surface area contributed by atoms with Gasteiger partial charge in [0.25, 0.3) is 0 Å². The molecule has 0 radical (unpaired) electrons. The molecule has 2 heterocycles. The molecule has 0 bridgehead atoms. The molecule has 3 nitrogen and oxygen atoms in total. The summed E-state index contributed by atoms with van der Waals surface area (Å²) in [4.78, 5) is 4.54. The van der Waals surface area contributed by atoms with E-state index >= 15 is 0 Å². The number of benzene rings is 1. The van der Waals surface area contributed by atoms with Gasteiger partial charge >= 0.3 is 0 Å². The predicted octanol–water partition coefficient (Wildman–Crippen LogP) is 3.55. The number of ether oxygens (including phenoxy) is 1. The molecule has 0 atom stereocenters. The van der Waals surface area contributed by atoms with Crippen molar-refractivity contribution in [2.75, 3.05) is 25.1 Å². The highest BCUT2D eigenvalue weighted by Crippen LogP contribution is 2.34. The van der Waals surface area contributed by atoms with Crippen LogP contribution in [0.5, 0.6) is 0 Å². The normalized spacial score (nSPS) is 17.4. The summed E-state index contributed by atoms with van der Waals surface area (Å²) in [6, 6.07) is 16.9. The van der Waals surface area contributed by atoms with Gasteiger partial charge in [0, 0.05) is 30.9 Å². The summed E-state index contributed by atoms with van der Waals surface area (Å²) in [6.45, 7) is 4.58. The zero-order chi connectivity index (χ0) is 14.5. The summed E-state index contributed by atoms with van der Waals surface area (Å²) in [5.74, 6) is 0.955. The van der Waals surface area contributed by atoms with Gasteiger partial charge in [-0.05, 0) is 37.5 Å². The predicted molar refractivity (Wildman–Crippen MR) is 85.6 cm³/mol. The van der Waals surface area contributed by atoms with Crippen molar-refractivity contribution in [1.29, 1.82) is 0 Å². The van der Waals surface area contributed by atoms with E-state index in [0.717, 1.165) is 44.1 Å². The average molecular weight is 282 g/mol. The van der Waals surface area contributed by atoms with Gasteiger partial charge < -0.3 is 10.1 Å². The summed E-state index contributed by atoms with van der Waals surface area (Å²) in [6.07, 6.45) is 2.10. The number of aromatic nitrogens is 1. The molecule has 1 aromatic carbocycles. The molecule has 1 aliphatic rings.